The van der Waals surface area contributed by atoms with Gasteiger partial charge in [-0.05, 0) is 35.9 Å². The molecular weight excluding hydrogens is 463 g/mol. The van der Waals surface area contributed by atoms with Gasteiger partial charge in [0.2, 0.25) is 10.0 Å². The number of rotatable bonds is 6. The van der Waals surface area contributed by atoms with E-state index >= 15 is 0 Å². The van der Waals surface area contributed by atoms with Crippen LogP contribution in [0.2, 0.25) is 0 Å². The Morgan fingerprint density at radius 1 is 1.18 bits per heavy atom. The number of aliphatic hydroxyl groups excluding tert-OH is 1. The normalized spacial score (nSPS) is 21.4. The van der Waals surface area contributed by atoms with E-state index in [-0.39, 0.29) is 12.2 Å². The summed E-state index contributed by atoms with van der Waals surface area (Å²) in [5.41, 5.74) is -3.16. The van der Waals surface area contributed by atoms with Gasteiger partial charge in [0, 0.05) is 6.54 Å². The Balaban J connectivity index is 1.89. The van der Waals surface area contributed by atoms with Crippen LogP contribution in [0.3, 0.4) is 0 Å². The molecular formula is C21H18F3N3O5S. The first-order chi connectivity index (χ1) is 15.4. The van der Waals surface area contributed by atoms with Gasteiger partial charge < -0.3 is 14.9 Å². The first kappa shape index (κ1) is 24.5. The van der Waals surface area contributed by atoms with Gasteiger partial charge in [-0.1, -0.05) is 12.1 Å². The Labute approximate surface area is 187 Å². The van der Waals surface area contributed by atoms with Gasteiger partial charge >= 0.3 is 6.18 Å². The van der Waals surface area contributed by atoms with Crippen molar-refractivity contribution < 1.29 is 36.5 Å². The van der Waals surface area contributed by atoms with Gasteiger partial charge in [0.1, 0.15) is 23.5 Å². The second-order valence-electron chi connectivity index (χ2n) is 7.47. The van der Waals surface area contributed by atoms with Crippen molar-refractivity contribution in [3.05, 3.63) is 59.2 Å². The Kier molecular flexibility index (Phi) is 6.68. The predicted molar refractivity (Wildman–Crippen MR) is 107 cm³/mol. The topological polar surface area (TPSA) is 135 Å². The zero-order valence-corrected chi connectivity index (χ0v) is 17.8. The molecule has 33 heavy (non-hydrogen) atoms. The number of nitrogens with zero attached hydrogens (tertiary/aromatic N) is 3. The highest BCUT2D eigenvalue weighted by molar-refractivity contribution is 7.89. The lowest BCUT2D eigenvalue weighted by atomic mass is 10.0. The number of hydrogen-bond acceptors (Lipinski definition) is 7. The zero-order chi connectivity index (χ0) is 24.4. The fraction of sp³-hybridized carbons (Fsp3) is 0.333. The SMILES string of the molecule is N#CCc1ccc(OC2CN(S(=O)(=O)c3ccc(C(F)(F)F)cc3C#N)C[C@@]2(O)CO)cc1. The number of β-amino-alcohol motifs (C(OH)–C–C–N with tert-alkyl or cyclic N) is 1. The van der Waals surface area contributed by atoms with E-state index in [1.807, 2.05) is 6.07 Å². The van der Waals surface area contributed by atoms with Gasteiger partial charge in [-0.25, -0.2) is 8.42 Å². The van der Waals surface area contributed by atoms with E-state index in [2.05, 4.69) is 0 Å². The molecule has 1 aliphatic rings. The molecule has 12 heteroatoms. The van der Waals surface area contributed by atoms with Crippen molar-refractivity contribution in [1.82, 2.24) is 4.31 Å². The van der Waals surface area contributed by atoms with Crippen LogP contribution in [0.5, 0.6) is 5.75 Å². The zero-order valence-electron chi connectivity index (χ0n) is 17.0. The number of ether oxygens (including phenoxy) is 1. The van der Waals surface area contributed by atoms with Gasteiger partial charge in [-0.15, -0.1) is 0 Å². The van der Waals surface area contributed by atoms with Crippen LogP contribution in [-0.2, 0) is 22.6 Å². The van der Waals surface area contributed by atoms with Crippen LogP contribution in [0.4, 0.5) is 13.2 Å². The Morgan fingerprint density at radius 3 is 2.39 bits per heavy atom. The van der Waals surface area contributed by atoms with Crippen molar-refractivity contribution in [3.8, 4) is 17.9 Å². The fourth-order valence-electron chi connectivity index (χ4n) is 3.41. The van der Waals surface area contributed by atoms with Crippen molar-refractivity contribution >= 4 is 10.0 Å². The maximum absolute atomic E-state index is 13.1. The van der Waals surface area contributed by atoms with Crippen LogP contribution in [0.1, 0.15) is 16.7 Å². The third-order valence-corrected chi connectivity index (χ3v) is 7.09. The fourth-order valence-corrected chi connectivity index (χ4v) is 5.03. The lowest BCUT2D eigenvalue weighted by Crippen LogP contribution is -2.48. The molecule has 0 aromatic heterocycles. The molecule has 2 atom stereocenters. The Bertz CT molecular complexity index is 1220. The monoisotopic (exact) mass is 481 g/mol. The third-order valence-electron chi connectivity index (χ3n) is 5.22. The summed E-state index contributed by atoms with van der Waals surface area (Å²) in [6.07, 6.45) is -5.80. The molecule has 0 spiro atoms. The lowest BCUT2D eigenvalue weighted by Gasteiger charge is -2.27. The minimum atomic E-state index is -4.76. The summed E-state index contributed by atoms with van der Waals surface area (Å²) >= 11 is 0. The van der Waals surface area contributed by atoms with Gasteiger partial charge in [0.25, 0.3) is 0 Å². The average molecular weight is 481 g/mol. The van der Waals surface area contributed by atoms with Crippen LogP contribution < -0.4 is 4.74 Å². The number of nitriles is 2. The number of alkyl halides is 3. The van der Waals surface area contributed by atoms with Crippen LogP contribution in [0, 0.1) is 22.7 Å². The summed E-state index contributed by atoms with van der Waals surface area (Å²) in [4.78, 5) is -0.653. The summed E-state index contributed by atoms with van der Waals surface area (Å²) in [5, 5.41) is 38.5. The standard InChI is InChI=1S/C21H18F3N3O5S/c22-21(23,24)16-3-6-18(15(9-16)10-26)33(30,31)27-11-19(20(29,12-27)13-28)32-17-4-1-14(2-5-17)7-8-25/h1-6,9,19,28-29H,7,11-13H2/t19?,20-/m1/s1. The maximum Gasteiger partial charge on any atom is 0.416 e. The minimum absolute atomic E-state index is 0.171. The number of hydrogen-bond donors (Lipinski definition) is 2. The number of sulfonamides is 1. The maximum atomic E-state index is 13.1. The molecule has 1 heterocycles. The third kappa shape index (κ3) is 4.94. The molecule has 1 aliphatic heterocycles. The molecule has 0 aliphatic carbocycles. The molecule has 3 rings (SSSR count). The minimum Gasteiger partial charge on any atom is -0.486 e. The Hall–Kier alpha value is -3.16. The van der Waals surface area contributed by atoms with Gasteiger partial charge in [0.05, 0.1) is 41.7 Å². The van der Waals surface area contributed by atoms with E-state index in [0.717, 1.165) is 4.31 Å². The highest BCUT2D eigenvalue weighted by Gasteiger charge is 2.51. The summed E-state index contributed by atoms with van der Waals surface area (Å²) < 4.78 is 71.5. The van der Waals surface area contributed by atoms with Crippen molar-refractivity contribution in [3.63, 3.8) is 0 Å². The van der Waals surface area contributed by atoms with Crippen molar-refractivity contribution in [2.75, 3.05) is 19.7 Å². The van der Waals surface area contributed by atoms with E-state index in [1.165, 1.54) is 18.2 Å². The van der Waals surface area contributed by atoms with Gasteiger partial charge in [-0.3, -0.25) is 0 Å². The molecule has 1 fully saturated rings. The first-order valence-corrected chi connectivity index (χ1v) is 11.0. The summed E-state index contributed by atoms with van der Waals surface area (Å²) in [6, 6.07) is 11.4. The van der Waals surface area contributed by atoms with E-state index < -0.39 is 63.6 Å². The highest BCUT2D eigenvalue weighted by atomic mass is 32.2. The smallest absolute Gasteiger partial charge is 0.416 e. The second kappa shape index (κ2) is 9.00. The van der Waals surface area contributed by atoms with Crippen LogP contribution >= 0.6 is 0 Å². The summed E-state index contributed by atoms with van der Waals surface area (Å²) in [6.45, 7) is -1.88. The molecule has 8 nitrogen and oxygen atoms in total. The van der Waals surface area contributed by atoms with E-state index in [1.54, 1.807) is 12.1 Å². The lowest BCUT2D eigenvalue weighted by molar-refractivity contribution is -0.137. The molecule has 2 aromatic carbocycles. The molecule has 2 N–H and O–H groups in total. The molecule has 1 saturated heterocycles. The van der Waals surface area contributed by atoms with Crippen molar-refractivity contribution in [2.24, 2.45) is 0 Å². The van der Waals surface area contributed by atoms with E-state index in [4.69, 9.17) is 10.00 Å². The largest absolute Gasteiger partial charge is 0.486 e. The van der Waals surface area contributed by atoms with Crippen molar-refractivity contribution in [1.29, 1.82) is 10.5 Å². The van der Waals surface area contributed by atoms with Crippen LogP contribution in [-0.4, -0.2) is 54.3 Å². The molecule has 0 saturated carbocycles. The van der Waals surface area contributed by atoms with Gasteiger partial charge in [-0.2, -0.15) is 28.0 Å². The molecule has 2 aromatic rings. The van der Waals surface area contributed by atoms with E-state index in [0.29, 0.717) is 23.8 Å². The van der Waals surface area contributed by atoms with Crippen LogP contribution in [0.15, 0.2) is 47.4 Å². The van der Waals surface area contributed by atoms with E-state index in [9.17, 15) is 37.1 Å². The summed E-state index contributed by atoms with van der Waals surface area (Å²) in [5.74, 6) is 0.250. The number of aliphatic hydroxyl groups is 2. The Morgan fingerprint density at radius 2 is 1.85 bits per heavy atom. The molecule has 0 radical (unpaired) electrons. The number of halogens is 3. The van der Waals surface area contributed by atoms with Crippen LogP contribution in [0.25, 0.3) is 0 Å². The van der Waals surface area contributed by atoms with Gasteiger partial charge in [0.15, 0.2) is 0 Å². The number of benzene rings is 2. The predicted octanol–water partition coefficient (Wildman–Crippen LogP) is 1.82. The average Bonchev–Trinajstić information content (AvgIpc) is 3.11. The first-order valence-electron chi connectivity index (χ1n) is 9.52. The molecule has 0 bridgehead atoms. The molecule has 174 valence electrons. The highest BCUT2D eigenvalue weighted by Crippen LogP contribution is 2.35. The summed E-state index contributed by atoms with van der Waals surface area (Å²) in [7, 11) is -4.51. The molecule has 0 amide bonds. The molecule has 1 unspecified atom stereocenters. The second-order valence-corrected chi connectivity index (χ2v) is 9.37. The quantitative estimate of drug-likeness (QED) is 0.643. The van der Waals surface area contributed by atoms with Crippen molar-refractivity contribution in [2.45, 2.75) is 29.2 Å².